The maximum absolute atomic E-state index is 12.8. The quantitative estimate of drug-likeness (QED) is 0.496. The molecule has 0 bridgehead atoms. The first-order chi connectivity index (χ1) is 8.95. The lowest BCUT2D eigenvalue weighted by atomic mass is 10.1. The lowest BCUT2D eigenvalue weighted by Gasteiger charge is -2.14. The topological polar surface area (TPSA) is 41.5 Å². The van der Waals surface area contributed by atoms with Crippen molar-refractivity contribution in [1.29, 1.82) is 0 Å². The molecule has 0 aromatic heterocycles. The zero-order valence-corrected chi connectivity index (χ0v) is 12.0. The number of allylic oxidation sites excluding steroid dienone is 1. The number of nitrogens with one attached hydrogen (secondary N) is 1. The molecule has 0 heterocycles. The van der Waals surface area contributed by atoms with E-state index in [2.05, 4.69) is 22.9 Å². The molecular formula is C14H17FN2OS. The van der Waals surface area contributed by atoms with Crippen LogP contribution in [-0.2, 0) is 4.79 Å². The summed E-state index contributed by atoms with van der Waals surface area (Å²) in [7, 11) is 0. The molecule has 1 aromatic carbocycles. The Morgan fingerprint density at radius 2 is 2.00 bits per heavy atom. The Labute approximate surface area is 118 Å². The summed E-state index contributed by atoms with van der Waals surface area (Å²) in [5.41, 5.74) is 1.38. The van der Waals surface area contributed by atoms with Crippen molar-refractivity contribution in [3.05, 3.63) is 46.2 Å². The zero-order valence-electron chi connectivity index (χ0n) is 11.1. The predicted molar refractivity (Wildman–Crippen MR) is 78.8 cm³/mol. The van der Waals surface area contributed by atoms with Crippen LogP contribution in [0.15, 0.2) is 39.9 Å². The average molecular weight is 280 g/mol. The fraction of sp³-hybridized carbons (Fsp3) is 0.286. The highest BCUT2D eigenvalue weighted by molar-refractivity contribution is 7.85. The molecule has 1 aromatic rings. The molecule has 1 rings (SSSR count). The van der Waals surface area contributed by atoms with Crippen LogP contribution in [0.5, 0.6) is 0 Å². The van der Waals surface area contributed by atoms with E-state index in [0.717, 1.165) is 5.56 Å². The van der Waals surface area contributed by atoms with Crippen molar-refractivity contribution in [1.82, 2.24) is 5.32 Å². The van der Waals surface area contributed by atoms with Gasteiger partial charge in [-0.3, -0.25) is 9.79 Å². The van der Waals surface area contributed by atoms with Crippen molar-refractivity contribution in [2.75, 3.05) is 0 Å². The van der Waals surface area contributed by atoms with Crippen molar-refractivity contribution in [3.8, 4) is 0 Å². The first kappa shape index (κ1) is 15.4. The van der Waals surface area contributed by atoms with Gasteiger partial charge in [-0.05, 0) is 38.5 Å². The van der Waals surface area contributed by atoms with Crippen LogP contribution in [0.1, 0.15) is 32.4 Å². The number of amides is 1. The molecule has 1 unspecified atom stereocenters. The number of benzene rings is 1. The number of halogens is 1. The van der Waals surface area contributed by atoms with Crippen molar-refractivity contribution >= 4 is 24.8 Å². The fourth-order valence-corrected chi connectivity index (χ4v) is 1.64. The van der Waals surface area contributed by atoms with Crippen molar-refractivity contribution < 1.29 is 9.18 Å². The second-order valence-corrected chi connectivity index (χ2v) is 4.52. The van der Waals surface area contributed by atoms with Gasteiger partial charge in [-0.25, -0.2) is 4.39 Å². The van der Waals surface area contributed by atoms with E-state index in [1.807, 2.05) is 6.92 Å². The average Bonchev–Trinajstić information content (AvgIpc) is 2.38. The number of carbonyl (C=O) groups excluding carboxylic acids is 1. The molecule has 1 N–H and O–H groups in total. The van der Waals surface area contributed by atoms with E-state index in [-0.39, 0.29) is 22.7 Å². The van der Waals surface area contributed by atoms with Crippen LogP contribution in [0, 0.1) is 5.82 Å². The Balaban J connectivity index is 2.77. The third kappa shape index (κ3) is 4.52. The van der Waals surface area contributed by atoms with E-state index in [1.165, 1.54) is 12.1 Å². The second-order valence-electron chi connectivity index (χ2n) is 4.07. The normalized spacial score (nSPS) is 14.2. The van der Waals surface area contributed by atoms with Crippen LogP contribution in [0.3, 0.4) is 0 Å². The molecule has 0 saturated heterocycles. The maximum Gasteiger partial charge on any atom is 0.259 e. The number of nitrogens with zero attached hydrogens (tertiary/aromatic N) is 1. The van der Waals surface area contributed by atoms with E-state index in [9.17, 15) is 9.18 Å². The first-order valence-electron chi connectivity index (χ1n) is 5.90. The molecule has 3 nitrogen and oxygen atoms in total. The van der Waals surface area contributed by atoms with Crippen LogP contribution in [0.25, 0.3) is 0 Å². The molecule has 1 amide bonds. The molecular weight excluding hydrogens is 263 g/mol. The highest BCUT2D eigenvalue weighted by Crippen LogP contribution is 2.16. The van der Waals surface area contributed by atoms with Crippen molar-refractivity contribution in [2.24, 2.45) is 4.99 Å². The molecule has 0 spiro atoms. The molecule has 19 heavy (non-hydrogen) atoms. The molecule has 0 aliphatic carbocycles. The summed E-state index contributed by atoms with van der Waals surface area (Å²) in [6.45, 7) is 5.30. The predicted octanol–water partition coefficient (Wildman–Crippen LogP) is 3.25. The van der Waals surface area contributed by atoms with Gasteiger partial charge in [-0.15, -0.1) is 12.6 Å². The Morgan fingerprint density at radius 1 is 1.42 bits per heavy atom. The van der Waals surface area contributed by atoms with Gasteiger partial charge in [0.2, 0.25) is 0 Å². The summed E-state index contributed by atoms with van der Waals surface area (Å²) >= 11 is 4.15. The monoisotopic (exact) mass is 280 g/mol. The van der Waals surface area contributed by atoms with Crippen LogP contribution in [0.4, 0.5) is 4.39 Å². The molecule has 1 atom stereocenters. The molecule has 5 heteroatoms. The minimum absolute atomic E-state index is 0.228. The standard InChI is InChI=1S/C14H17FN2OS/c1-4-16-10(3)13(19)14(18)17-9(2)11-5-7-12(15)8-6-11/h4-9,19H,1-3H3,(H,17,18)/b13-10-,16-4?. The van der Waals surface area contributed by atoms with Gasteiger partial charge >= 0.3 is 0 Å². The highest BCUT2D eigenvalue weighted by Gasteiger charge is 2.13. The largest absolute Gasteiger partial charge is 0.345 e. The smallest absolute Gasteiger partial charge is 0.259 e. The van der Waals surface area contributed by atoms with Gasteiger partial charge in [0.15, 0.2) is 0 Å². The Bertz CT molecular complexity index is 509. The molecule has 0 radical (unpaired) electrons. The molecule has 0 saturated carbocycles. The SMILES string of the molecule is CC=N/C(C)=C(\S)C(=O)NC(C)c1ccc(F)cc1. The van der Waals surface area contributed by atoms with Gasteiger partial charge in [0.25, 0.3) is 5.91 Å². The fourth-order valence-electron chi connectivity index (χ4n) is 1.52. The summed E-state index contributed by atoms with van der Waals surface area (Å²) in [6.07, 6.45) is 1.60. The van der Waals surface area contributed by atoms with E-state index < -0.39 is 0 Å². The zero-order chi connectivity index (χ0) is 14.4. The minimum atomic E-state index is -0.303. The van der Waals surface area contributed by atoms with Gasteiger partial charge in [-0.1, -0.05) is 12.1 Å². The van der Waals surface area contributed by atoms with Crippen molar-refractivity contribution in [3.63, 3.8) is 0 Å². The van der Waals surface area contributed by atoms with Gasteiger partial charge in [0.05, 0.1) is 16.6 Å². The molecule has 0 aliphatic rings. The number of rotatable bonds is 4. The minimum Gasteiger partial charge on any atom is -0.345 e. The molecule has 0 fully saturated rings. The number of hydrogen-bond donors (Lipinski definition) is 2. The number of hydrogen-bond acceptors (Lipinski definition) is 3. The lowest BCUT2D eigenvalue weighted by Crippen LogP contribution is -2.27. The van der Waals surface area contributed by atoms with Gasteiger partial charge in [-0.2, -0.15) is 0 Å². The third-order valence-electron chi connectivity index (χ3n) is 2.60. The first-order valence-corrected chi connectivity index (χ1v) is 6.35. The molecule has 102 valence electrons. The number of thiol groups is 1. The van der Waals surface area contributed by atoms with E-state index >= 15 is 0 Å². The van der Waals surface area contributed by atoms with Gasteiger partial charge in [0, 0.05) is 6.21 Å². The van der Waals surface area contributed by atoms with Crippen LogP contribution >= 0.6 is 12.6 Å². The summed E-state index contributed by atoms with van der Waals surface area (Å²) in [5.74, 6) is -0.603. The van der Waals surface area contributed by atoms with Gasteiger partial charge < -0.3 is 5.32 Å². The van der Waals surface area contributed by atoms with Crippen LogP contribution in [0.2, 0.25) is 0 Å². The number of carbonyl (C=O) groups is 1. The Morgan fingerprint density at radius 3 is 2.53 bits per heavy atom. The Kier molecular flexibility index (Phi) is 5.76. The summed E-state index contributed by atoms with van der Waals surface area (Å²) in [4.78, 5) is 16.2. The van der Waals surface area contributed by atoms with E-state index in [1.54, 1.807) is 32.2 Å². The van der Waals surface area contributed by atoms with Crippen LogP contribution in [-0.4, -0.2) is 12.1 Å². The number of aliphatic imine (C=N–C) groups is 1. The second kappa shape index (κ2) is 7.09. The van der Waals surface area contributed by atoms with E-state index in [0.29, 0.717) is 5.70 Å². The van der Waals surface area contributed by atoms with Crippen LogP contribution < -0.4 is 5.32 Å². The maximum atomic E-state index is 12.8. The van der Waals surface area contributed by atoms with Crippen molar-refractivity contribution in [2.45, 2.75) is 26.8 Å². The molecule has 0 aliphatic heterocycles. The summed E-state index contributed by atoms with van der Waals surface area (Å²) in [5, 5.41) is 2.79. The van der Waals surface area contributed by atoms with E-state index in [4.69, 9.17) is 0 Å². The summed E-state index contributed by atoms with van der Waals surface area (Å²) in [6, 6.07) is 5.77. The summed E-state index contributed by atoms with van der Waals surface area (Å²) < 4.78 is 12.8. The highest BCUT2D eigenvalue weighted by atomic mass is 32.1. The Hall–Kier alpha value is -1.62. The lowest BCUT2D eigenvalue weighted by molar-refractivity contribution is -0.117. The third-order valence-corrected chi connectivity index (χ3v) is 3.12. The van der Waals surface area contributed by atoms with Gasteiger partial charge in [0.1, 0.15) is 5.82 Å².